The summed E-state index contributed by atoms with van der Waals surface area (Å²) in [5.74, 6) is 0. The first-order chi connectivity index (χ1) is 7.31. The molecule has 1 aliphatic heterocycles. The van der Waals surface area contributed by atoms with E-state index in [1.165, 1.54) is 19.5 Å². The van der Waals surface area contributed by atoms with Gasteiger partial charge in [-0.05, 0) is 11.8 Å². The summed E-state index contributed by atoms with van der Waals surface area (Å²) in [7, 11) is 0. The number of thioether (sulfide) groups is 1. The molecule has 0 spiro atoms. The lowest BCUT2D eigenvalue weighted by atomic mass is 9.87. The van der Waals surface area contributed by atoms with E-state index in [-0.39, 0.29) is 0 Å². The van der Waals surface area contributed by atoms with Crippen LogP contribution in [0.1, 0.15) is 41.0 Å². The summed E-state index contributed by atoms with van der Waals surface area (Å²) in [4.78, 5) is 2.61. The molecule has 1 saturated heterocycles. The number of hydrogen-bond donors (Lipinski definition) is 1. The van der Waals surface area contributed by atoms with Crippen molar-refractivity contribution in [2.24, 2.45) is 11.1 Å². The van der Waals surface area contributed by atoms with Crippen molar-refractivity contribution in [1.29, 1.82) is 0 Å². The van der Waals surface area contributed by atoms with Crippen LogP contribution in [0.25, 0.3) is 0 Å². The molecule has 3 heteroatoms. The molecular weight excluding hydrogens is 216 g/mol. The highest BCUT2D eigenvalue weighted by Gasteiger charge is 2.29. The summed E-state index contributed by atoms with van der Waals surface area (Å²) >= 11 is 2.11. The van der Waals surface area contributed by atoms with Crippen molar-refractivity contribution >= 4 is 11.8 Å². The van der Waals surface area contributed by atoms with E-state index in [0.717, 1.165) is 17.0 Å². The molecule has 0 saturated carbocycles. The molecule has 0 aromatic heterocycles. The zero-order chi connectivity index (χ0) is 12.3. The van der Waals surface area contributed by atoms with E-state index in [1.807, 2.05) is 0 Å². The SMILES string of the molecule is CC1CN(C(CN)CC(C)(C)C)CC(C)S1. The first kappa shape index (κ1) is 14.3. The predicted molar refractivity (Wildman–Crippen MR) is 75.0 cm³/mol. The van der Waals surface area contributed by atoms with Crippen LogP contribution in [0.15, 0.2) is 0 Å². The number of hydrogen-bond acceptors (Lipinski definition) is 3. The van der Waals surface area contributed by atoms with Gasteiger partial charge in [0, 0.05) is 36.2 Å². The molecule has 0 radical (unpaired) electrons. The van der Waals surface area contributed by atoms with Gasteiger partial charge in [0.1, 0.15) is 0 Å². The van der Waals surface area contributed by atoms with Crippen molar-refractivity contribution in [1.82, 2.24) is 4.90 Å². The first-order valence-corrected chi connectivity index (χ1v) is 7.35. The van der Waals surface area contributed by atoms with Gasteiger partial charge >= 0.3 is 0 Å². The van der Waals surface area contributed by atoms with Gasteiger partial charge in [0.25, 0.3) is 0 Å². The van der Waals surface area contributed by atoms with Gasteiger partial charge in [0.2, 0.25) is 0 Å². The molecule has 2 N–H and O–H groups in total. The van der Waals surface area contributed by atoms with Crippen molar-refractivity contribution in [3.05, 3.63) is 0 Å². The Balaban J connectivity index is 2.58. The second kappa shape index (κ2) is 5.74. The average Bonchev–Trinajstić information content (AvgIpc) is 2.11. The van der Waals surface area contributed by atoms with Crippen molar-refractivity contribution in [2.75, 3.05) is 19.6 Å². The zero-order valence-electron chi connectivity index (χ0n) is 11.5. The fourth-order valence-electron chi connectivity index (χ4n) is 2.58. The van der Waals surface area contributed by atoms with E-state index >= 15 is 0 Å². The second-order valence-corrected chi connectivity index (χ2v) is 8.25. The van der Waals surface area contributed by atoms with Crippen LogP contribution >= 0.6 is 11.8 Å². The van der Waals surface area contributed by atoms with Crippen LogP contribution < -0.4 is 5.73 Å². The van der Waals surface area contributed by atoms with Crippen molar-refractivity contribution in [3.8, 4) is 0 Å². The Morgan fingerprint density at radius 3 is 2.12 bits per heavy atom. The molecule has 1 rings (SSSR count). The van der Waals surface area contributed by atoms with Crippen LogP contribution in [-0.2, 0) is 0 Å². The third-order valence-electron chi connectivity index (χ3n) is 3.08. The minimum atomic E-state index is 0.376. The molecule has 0 bridgehead atoms. The van der Waals surface area contributed by atoms with Crippen molar-refractivity contribution in [2.45, 2.75) is 57.6 Å². The lowest BCUT2D eigenvalue weighted by molar-refractivity contribution is 0.151. The standard InChI is InChI=1S/C13H28N2S/c1-10-8-15(9-11(2)16-10)12(7-14)6-13(3,4)5/h10-12H,6-9,14H2,1-5H3. The monoisotopic (exact) mass is 244 g/mol. The third-order valence-corrected chi connectivity index (χ3v) is 4.31. The molecule has 1 heterocycles. The Bertz CT molecular complexity index is 202. The van der Waals surface area contributed by atoms with Gasteiger partial charge in [-0.15, -0.1) is 0 Å². The summed E-state index contributed by atoms with van der Waals surface area (Å²) in [6, 6.07) is 0.561. The quantitative estimate of drug-likeness (QED) is 0.827. The molecule has 16 heavy (non-hydrogen) atoms. The van der Waals surface area contributed by atoms with Crippen molar-refractivity contribution < 1.29 is 0 Å². The van der Waals surface area contributed by atoms with Crippen LogP contribution in [0.2, 0.25) is 0 Å². The minimum Gasteiger partial charge on any atom is -0.329 e. The molecule has 3 unspecified atom stereocenters. The second-order valence-electron chi connectivity index (χ2n) is 6.37. The molecule has 96 valence electrons. The molecule has 1 aliphatic rings. The minimum absolute atomic E-state index is 0.376. The van der Waals surface area contributed by atoms with E-state index in [1.54, 1.807) is 0 Å². The Labute approximate surface area is 105 Å². The van der Waals surface area contributed by atoms with E-state index < -0.39 is 0 Å². The zero-order valence-corrected chi connectivity index (χ0v) is 12.3. The number of rotatable bonds is 3. The van der Waals surface area contributed by atoms with Gasteiger partial charge in [0.05, 0.1) is 0 Å². The predicted octanol–water partition coefficient (Wildman–Crippen LogP) is 2.58. The molecule has 0 aromatic rings. The third kappa shape index (κ3) is 4.64. The molecule has 1 fully saturated rings. The van der Waals surface area contributed by atoms with Crippen LogP contribution in [0, 0.1) is 5.41 Å². The largest absolute Gasteiger partial charge is 0.329 e. The smallest absolute Gasteiger partial charge is 0.0224 e. The van der Waals surface area contributed by atoms with Crippen LogP contribution in [0.3, 0.4) is 0 Å². The Kier molecular flexibility index (Phi) is 5.14. The maximum atomic E-state index is 5.95. The lowest BCUT2D eigenvalue weighted by Gasteiger charge is -2.41. The van der Waals surface area contributed by atoms with E-state index in [9.17, 15) is 0 Å². The fourth-order valence-corrected chi connectivity index (χ4v) is 3.93. The molecule has 3 atom stereocenters. The average molecular weight is 244 g/mol. The molecular formula is C13H28N2S. The van der Waals surface area contributed by atoms with E-state index in [4.69, 9.17) is 5.73 Å². The van der Waals surface area contributed by atoms with Gasteiger partial charge in [-0.1, -0.05) is 34.6 Å². The van der Waals surface area contributed by atoms with Gasteiger partial charge in [0.15, 0.2) is 0 Å². The molecule has 0 amide bonds. The highest BCUT2D eigenvalue weighted by Crippen LogP contribution is 2.29. The van der Waals surface area contributed by atoms with E-state index in [0.29, 0.717) is 11.5 Å². The number of nitrogens with zero attached hydrogens (tertiary/aromatic N) is 1. The van der Waals surface area contributed by atoms with Crippen LogP contribution in [-0.4, -0.2) is 41.1 Å². The highest BCUT2D eigenvalue weighted by molar-refractivity contribution is 8.00. The summed E-state index contributed by atoms with van der Waals surface area (Å²) in [6.45, 7) is 14.8. The number of nitrogens with two attached hydrogens (primary N) is 1. The summed E-state index contributed by atoms with van der Waals surface area (Å²) in [5.41, 5.74) is 6.33. The molecule has 2 nitrogen and oxygen atoms in total. The van der Waals surface area contributed by atoms with Crippen LogP contribution in [0.4, 0.5) is 0 Å². The topological polar surface area (TPSA) is 29.3 Å². The van der Waals surface area contributed by atoms with Crippen LogP contribution in [0.5, 0.6) is 0 Å². The van der Waals surface area contributed by atoms with Crippen molar-refractivity contribution in [3.63, 3.8) is 0 Å². The van der Waals surface area contributed by atoms with E-state index in [2.05, 4.69) is 51.3 Å². The fraction of sp³-hybridized carbons (Fsp3) is 1.00. The summed E-state index contributed by atoms with van der Waals surface area (Å²) in [6.07, 6.45) is 1.20. The van der Waals surface area contributed by atoms with Gasteiger partial charge in [-0.3, -0.25) is 4.90 Å². The maximum absolute atomic E-state index is 5.95. The van der Waals surface area contributed by atoms with Gasteiger partial charge < -0.3 is 5.73 Å². The highest BCUT2D eigenvalue weighted by atomic mass is 32.2. The Morgan fingerprint density at radius 1 is 1.25 bits per heavy atom. The normalized spacial score (nSPS) is 30.4. The summed E-state index contributed by atoms with van der Waals surface area (Å²) in [5, 5.41) is 1.50. The lowest BCUT2D eigenvalue weighted by Crippen LogP contribution is -2.50. The summed E-state index contributed by atoms with van der Waals surface area (Å²) < 4.78 is 0. The Morgan fingerprint density at radius 2 is 1.75 bits per heavy atom. The van der Waals surface area contributed by atoms with Gasteiger partial charge in [-0.2, -0.15) is 11.8 Å². The molecule has 0 aromatic carbocycles. The van der Waals surface area contributed by atoms with Gasteiger partial charge in [-0.25, -0.2) is 0 Å². The molecule has 0 aliphatic carbocycles. The maximum Gasteiger partial charge on any atom is 0.0224 e. The Hall–Kier alpha value is 0.270. The first-order valence-electron chi connectivity index (χ1n) is 6.41.